The molecule has 0 bridgehead atoms. The fourth-order valence-electron chi connectivity index (χ4n) is 1.55. The van der Waals surface area contributed by atoms with E-state index >= 15 is 0 Å². The van der Waals surface area contributed by atoms with E-state index in [0.29, 0.717) is 11.7 Å². The molecule has 106 valence electrons. The first-order valence-electron chi connectivity index (χ1n) is 6.83. The molecule has 0 atom stereocenters. The van der Waals surface area contributed by atoms with Crippen molar-refractivity contribution in [2.24, 2.45) is 5.73 Å². The van der Waals surface area contributed by atoms with E-state index in [9.17, 15) is 0 Å². The van der Waals surface area contributed by atoms with Crippen LogP contribution in [0.25, 0.3) is 0 Å². The summed E-state index contributed by atoms with van der Waals surface area (Å²) >= 11 is 5.21. The molecule has 0 aliphatic heterocycles. The van der Waals surface area contributed by atoms with Gasteiger partial charge >= 0.3 is 0 Å². The highest BCUT2D eigenvalue weighted by molar-refractivity contribution is 7.80. The molecular formula is C15H24N2OS. The molecule has 0 spiro atoms. The van der Waals surface area contributed by atoms with E-state index in [-0.39, 0.29) is 5.54 Å². The zero-order valence-electron chi connectivity index (χ0n) is 12.1. The molecule has 1 aromatic heterocycles. The molecule has 0 saturated carbocycles. The minimum Gasteiger partial charge on any atom is -0.482 e. The maximum atomic E-state index is 5.89. The van der Waals surface area contributed by atoms with E-state index in [4.69, 9.17) is 22.7 Å². The quantitative estimate of drug-likeness (QED) is 0.779. The largest absolute Gasteiger partial charge is 0.482 e. The van der Waals surface area contributed by atoms with Crippen molar-refractivity contribution < 1.29 is 4.74 Å². The summed E-state index contributed by atoms with van der Waals surface area (Å²) in [5, 5.41) is 0.450. The maximum absolute atomic E-state index is 5.89. The molecule has 4 heteroatoms. The van der Waals surface area contributed by atoms with Crippen LogP contribution in [0.5, 0.6) is 0 Å². The van der Waals surface area contributed by atoms with Crippen molar-refractivity contribution in [2.45, 2.75) is 52.0 Å². The molecule has 3 nitrogen and oxygen atoms in total. The number of unbranched alkanes of at least 4 members (excludes halogenated alkanes) is 1. The normalized spacial score (nSPS) is 11.4. The summed E-state index contributed by atoms with van der Waals surface area (Å²) in [6.07, 6.45) is 6.10. The molecule has 0 aliphatic carbocycles. The lowest BCUT2D eigenvalue weighted by Gasteiger charge is -2.18. The molecule has 1 rings (SSSR count). The molecule has 1 aromatic rings. The van der Waals surface area contributed by atoms with Crippen LogP contribution < -0.4 is 5.73 Å². The van der Waals surface area contributed by atoms with Crippen molar-refractivity contribution in [2.75, 3.05) is 6.61 Å². The number of nitrogens with zero attached hydrogens (tertiary/aromatic N) is 1. The summed E-state index contributed by atoms with van der Waals surface area (Å²) < 4.78 is 5.51. The van der Waals surface area contributed by atoms with Gasteiger partial charge in [-0.05, 0) is 57.0 Å². The van der Waals surface area contributed by atoms with Crippen LogP contribution in [-0.4, -0.2) is 22.2 Å². The van der Waals surface area contributed by atoms with Crippen LogP contribution in [0.1, 0.15) is 51.3 Å². The van der Waals surface area contributed by atoms with Gasteiger partial charge in [-0.15, -0.1) is 0 Å². The third kappa shape index (κ3) is 6.64. The van der Waals surface area contributed by atoms with Crippen molar-refractivity contribution in [1.82, 2.24) is 4.98 Å². The van der Waals surface area contributed by atoms with E-state index in [2.05, 4.69) is 18.0 Å². The fourth-order valence-corrected chi connectivity index (χ4v) is 1.76. The third-order valence-electron chi connectivity index (χ3n) is 2.83. The number of aryl methyl sites for hydroxylation is 1. The van der Waals surface area contributed by atoms with E-state index in [1.165, 1.54) is 18.4 Å². The maximum Gasteiger partial charge on any atom is 0.210 e. The molecular weight excluding hydrogens is 256 g/mol. The summed E-state index contributed by atoms with van der Waals surface area (Å²) in [6, 6.07) is 4.00. The Morgan fingerprint density at radius 3 is 2.68 bits per heavy atom. The summed E-state index contributed by atoms with van der Waals surface area (Å²) in [5.41, 5.74) is 7.63. The topological polar surface area (TPSA) is 48.1 Å². The molecule has 0 aliphatic rings. The van der Waals surface area contributed by atoms with Crippen LogP contribution in [0.4, 0.5) is 0 Å². The van der Waals surface area contributed by atoms with E-state index in [0.717, 1.165) is 18.5 Å². The first kappa shape index (κ1) is 16.1. The van der Waals surface area contributed by atoms with Gasteiger partial charge in [0.25, 0.3) is 0 Å². The molecule has 19 heavy (non-hydrogen) atoms. The fraction of sp³-hybridized carbons (Fsp3) is 0.600. The number of aromatic nitrogens is 1. The second-order valence-electron chi connectivity index (χ2n) is 5.53. The zero-order valence-corrected chi connectivity index (χ0v) is 12.9. The Hall–Kier alpha value is -1.00. The Morgan fingerprint density at radius 2 is 2.16 bits per heavy atom. The molecule has 1 heterocycles. The predicted molar refractivity (Wildman–Crippen MR) is 83.4 cm³/mol. The average Bonchev–Trinajstić information content (AvgIpc) is 2.35. The average molecular weight is 280 g/mol. The number of pyridine rings is 1. The first-order chi connectivity index (χ1) is 8.92. The van der Waals surface area contributed by atoms with Gasteiger partial charge in [-0.2, -0.15) is 0 Å². The second-order valence-corrected chi connectivity index (χ2v) is 5.90. The van der Waals surface area contributed by atoms with E-state index in [1.807, 2.05) is 26.1 Å². The monoisotopic (exact) mass is 280 g/mol. The minimum atomic E-state index is -0.229. The van der Waals surface area contributed by atoms with Crippen molar-refractivity contribution in [3.05, 3.63) is 29.6 Å². The van der Waals surface area contributed by atoms with E-state index in [1.54, 1.807) is 0 Å². The van der Waals surface area contributed by atoms with Crippen LogP contribution >= 0.6 is 12.2 Å². The highest BCUT2D eigenvalue weighted by Gasteiger charge is 2.11. The lowest BCUT2D eigenvalue weighted by atomic mass is 10.0. The number of rotatable bonds is 7. The van der Waals surface area contributed by atoms with Gasteiger partial charge in [0.05, 0.1) is 6.61 Å². The third-order valence-corrected chi connectivity index (χ3v) is 3.16. The Morgan fingerprint density at radius 1 is 1.42 bits per heavy atom. The summed E-state index contributed by atoms with van der Waals surface area (Å²) in [4.78, 5) is 4.35. The minimum absolute atomic E-state index is 0.229. The van der Waals surface area contributed by atoms with Crippen LogP contribution in [0, 0.1) is 0 Å². The van der Waals surface area contributed by atoms with Crippen molar-refractivity contribution in [3.63, 3.8) is 0 Å². The van der Waals surface area contributed by atoms with Crippen LogP contribution in [-0.2, 0) is 11.2 Å². The van der Waals surface area contributed by atoms with Gasteiger partial charge in [0.2, 0.25) is 5.05 Å². The highest BCUT2D eigenvalue weighted by atomic mass is 32.1. The van der Waals surface area contributed by atoms with Gasteiger partial charge in [0.15, 0.2) is 0 Å². The van der Waals surface area contributed by atoms with Crippen LogP contribution in [0.3, 0.4) is 0 Å². The summed E-state index contributed by atoms with van der Waals surface area (Å²) in [5.74, 6) is 0. The van der Waals surface area contributed by atoms with Crippen LogP contribution in [0.15, 0.2) is 18.3 Å². The van der Waals surface area contributed by atoms with Gasteiger partial charge in [-0.3, -0.25) is 4.98 Å². The second kappa shape index (κ2) is 7.56. The van der Waals surface area contributed by atoms with Crippen LogP contribution in [0.2, 0.25) is 0 Å². The Balaban J connectivity index is 2.44. The lowest BCUT2D eigenvalue weighted by Crippen LogP contribution is -2.33. The standard InChI is InChI=1S/C15H24N2OS/c1-4-5-6-12-7-8-13(17-11-12)14(19)18-10-9-15(2,3)16/h7-8,11H,4-6,9-10,16H2,1-3H3. The molecule has 2 N–H and O–H groups in total. The molecule has 0 unspecified atom stereocenters. The zero-order chi connectivity index (χ0) is 14.3. The van der Waals surface area contributed by atoms with Crippen molar-refractivity contribution in [3.8, 4) is 0 Å². The van der Waals surface area contributed by atoms with E-state index < -0.39 is 0 Å². The smallest absolute Gasteiger partial charge is 0.210 e. The number of ether oxygens (including phenoxy) is 1. The SMILES string of the molecule is CCCCc1ccc(C(=S)OCCC(C)(C)N)nc1. The summed E-state index contributed by atoms with van der Waals surface area (Å²) in [6.45, 7) is 6.66. The highest BCUT2D eigenvalue weighted by Crippen LogP contribution is 2.08. The number of nitrogens with two attached hydrogens (primary N) is 1. The Labute approximate surface area is 121 Å². The Bertz CT molecular complexity index is 396. The van der Waals surface area contributed by atoms with Gasteiger partial charge in [-0.1, -0.05) is 19.4 Å². The summed E-state index contributed by atoms with van der Waals surface area (Å²) in [7, 11) is 0. The Kier molecular flexibility index (Phi) is 6.38. The lowest BCUT2D eigenvalue weighted by molar-refractivity contribution is 0.269. The molecule has 0 fully saturated rings. The molecule has 0 amide bonds. The van der Waals surface area contributed by atoms with Crippen molar-refractivity contribution in [1.29, 1.82) is 0 Å². The molecule has 0 aromatic carbocycles. The van der Waals surface area contributed by atoms with Gasteiger partial charge in [0, 0.05) is 11.7 Å². The van der Waals surface area contributed by atoms with Crippen molar-refractivity contribution >= 4 is 17.3 Å². The number of hydrogen-bond acceptors (Lipinski definition) is 4. The van der Waals surface area contributed by atoms with Gasteiger partial charge < -0.3 is 10.5 Å². The van der Waals surface area contributed by atoms with Gasteiger partial charge in [0.1, 0.15) is 5.69 Å². The predicted octanol–water partition coefficient (Wildman–Crippen LogP) is 3.24. The number of thiocarbonyl (C=S) groups is 1. The molecule has 0 saturated heterocycles. The number of hydrogen-bond donors (Lipinski definition) is 1. The molecule has 0 radical (unpaired) electrons. The first-order valence-corrected chi connectivity index (χ1v) is 7.24. The van der Waals surface area contributed by atoms with Gasteiger partial charge in [-0.25, -0.2) is 0 Å².